The number of nitrogens with one attached hydrogen (secondary N) is 1. The summed E-state index contributed by atoms with van der Waals surface area (Å²) in [4.78, 5) is 6.45. The van der Waals surface area contributed by atoms with Crippen LogP contribution in [0.15, 0.2) is 24.5 Å². The molecule has 0 radical (unpaired) electrons. The van der Waals surface area contributed by atoms with Gasteiger partial charge in [0.05, 0.1) is 0 Å². The van der Waals surface area contributed by atoms with Gasteiger partial charge in [0.15, 0.2) is 0 Å². The summed E-state index contributed by atoms with van der Waals surface area (Å²) >= 11 is 0. The van der Waals surface area contributed by atoms with Crippen molar-refractivity contribution in [2.75, 3.05) is 26.7 Å². The van der Waals surface area contributed by atoms with Crippen LogP contribution in [0.2, 0.25) is 0 Å². The van der Waals surface area contributed by atoms with Crippen molar-refractivity contribution < 1.29 is 0 Å². The topological polar surface area (TPSA) is 28.2 Å². The number of hydrogen-bond acceptors (Lipinski definition) is 3. The zero-order chi connectivity index (χ0) is 11.9. The van der Waals surface area contributed by atoms with E-state index in [1.165, 1.54) is 37.9 Å². The Morgan fingerprint density at radius 3 is 2.71 bits per heavy atom. The molecule has 1 aromatic heterocycles. The van der Waals surface area contributed by atoms with E-state index in [-0.39, 0.29) is 0 Å². The van der Waals surface area contributed by atoms with Crippen LogP contribution in [0.1, 0.15) is 24.8 Å². The molecule has 94 valence electrons. The SMILES string of the molecule is CN1CCC(CCNCc2ccncc2)CC1. The van der Waals surface area contributed by atoms with E-state index >= 15 is 0 Å². The molecule has 0 aromatic carbocycles. The van der Waals surface area contributed by atoms with E-state index < -0.39 is 0 Å². The van der Waals surface area contributed by atoms with Crippen LogP contribution in [-0.4, -0.2) is 36.6 Å². The molecule has 17 heavy (non-hydrogen) atoms. The molecule has 1 saturated heterocycles. The smallest absolute Gasteiger partial charge is 0.0271 e. The first-order valence-corrected chi connectivity index (χ1v) is 6.63. The highest BCUT2D eigenvalue weighted by Gasteiger charge is 2.15. The third-order valence-corrected chi connectivity index (χ3v) is 3.65. The summed E-state index contributed by atoms with van der Waals surface area (Å²) in [5, 5.41) is 3.52. The van der Waals surface area contributed by atoms with Crippen LogP contribution in [-0.2, 0) is 6.54 Å². The van der Waals surface area contributed by atoms with Gasteiger partial charge in [-0.15, -0.1) is 0 Å². The molecule has 3 nitrogen and oxygen atoms in total. The summed E-state index contributed by atoms with van der Waals surface area (Å²) in [5.41, 5.74) is 1.32. The zero-order valence-electron chi connectivity index (χ0n) is 10.7. The lowest BCUT2D eigenvalue weighted by Crippen LogP contribution is -2.31. The maximum Gasteiger partial charge on any atom is 0.0271 e. The van der Waals surface area contributed by atoms with E-state index in [2.05, 4.69) is 34.4 Å². The van der Waals surface area contributed by atoms with E-state index in [1.807, 2.05) is 12.4 Å². The van der Waals surface area contributed by atoms with E-state index in [0.29, 0.717) is 0 Å². The molecule has 3 heteroatoms. The van der Waals surface area contributed by atoms with E-state index in [1.54, 1.807) is 0 Å². The molecule has 1 aromatic rings. The fraction of sp³-hybridized carbons (Fsp3) is 0.643. The fourth-order valence-corrected chi connectivity index (χ4v) is 2.39. The Hall–Kier alpha value is -0.930. The largest absolute Gasteiger partial charge is 0.313 e. The maximum absolute atomic E-state index is 4.02. The summed E-state index contributed by atoms with van der Waals surface area (Å²) in [7, 11) is 2.22. The number of nitrogens with zero attached hydrogens (tertiary/aromatic N) is 2. The molecule has 0 unspecified atom stereocenters. The minimum absolute atomic E-state index is 0.927. The van der Waals surface area contributed by atoms with Crippen LogP contribution in [0.5, 0.6) is 0 Å². The van der Waals surface area contributed by atoms with E-state index in [9.17, 15) is 0 Å². The van der Waals surface area contributed by atoms with Crippen LogP contribution in [0.3, 0.4) is 0 Å². The van der Waals surface area contributed by atoms with Crippen LogP contribution in [0.4, 0.5) is 0 Å². The average Bonchev–Trinajstić information content (AvgIpc) is 2.38. The molecule has 1 aliphatic rings. The molecule has 1 N–H and O–H groups in total. The standard InChI is InChI=1S/C14H23N3/c1-17-10-5-13(6-11-17)2-9-16-12-14-3-7-15-8-4-14/h3-4,7-8,13,16H,2,5-6,9-12H2,1H3. The van der Waals surface area contributed by atoms with Crippen molar-refractivity contribution in [1.29, 1.82) is 0 Å². The maximum atomic E-state index is 4.02. The number of rotatable bonds is 5. The minimum atomic E-state index is 0.927. The second-order valence-corrected chi connectivity index (χ2v) is 5.07. The normalized spacial score (nSPS) is 18.4. The molecule has 0 spiro atoms. The fourth-order valence-electron chi connectivity index (χ4n) is 2.39. The second-order valence-electron chi connectivity index (χ2n) is 5.07. The first-order chi connectivity index (χ1) is 8.34. The van der Waals surface area contributed by atoms with Gasteiger partial charge in [0, 0.05) is 18.9 Å². The van der Waals surface area contributed by atoms with Crippen molar-refractivity contribution in [3.05, 3.63) is 30.1 Å². The quantitative estimate of drug-likeness (QED) is 0.787. The highest BCUT2D eigenvalue weighted by molar-refractivity contribution is 5.08. The zero-order valence-corrected chi connectivity index (χ0v) is 10.7. The van der Waals surface area contributed by atoms with Crippen LogP contribution < -0.4 is 5.32 Å². The van der Waals surface area contributed by atoms with Crippen molar-refractivity contribution >= 4 is 0 Å². The van der Waals surface area contributed by atoms with Gasteiger partial charge in [-0.2, -0.15) is 0 Å². The monoisotopic (exact) mass is 233 g/mol. The van der Waals surface area contributed by atoms with Gasteiger partial charge in [-0.05, 0) is 69.6 Å². The van der Waals surface area contributed by atoms with Crippen LogP contribution in [0.25, 0.3) is 0 Å². The number of pyridine rings is 1. The number of piperidine rings is 1. The Morgan fingerprint density at radius 1 is 1.29 bits per heavy atom. The molecule has 0 bridgehead atoms. The Morgan fingerprint density at radius 2 is 2.00 bits per heavy atom. The Balaban J connectivity index is 1.57. The molecule has 2 heterocycles. The lowest BCUT2D eigenvalue weighted by molar-refractivity contribution is 0.211. The molecular weight excluding hydrogens is 210 g/mol. The third kappa shape index (κ3) is 4.44. The summed E-state index contributed by atoms with van der Waals surface area (Å²) in [6.45, 7) is 4.65. The van der Waals surface area contributed by atoms with Crippen molar-refractivity contribution in [2.24, 2.45) is 5.92 Å². The Bertz CT molecular complexity index is 305. The van der Waals surface area contributed by atoms with Gasteiger partial charge in [0.1, 0.15) is 0 Å². The Labute approximate surface area is 104 Å². The molecule has 2 rings (SSSR count). The van der Waals surface area contributed by atoms with Gasteiger partial charge in [0.25, 0.3) is 0 Å². The summed E-state index contributed by atoms with van der Waals surface area (Å²) in [5.74, 6) is 0.927. The van der Waals surface area contributed by atoms with Crippen LogP contribution in [0, 0.1) is 5.92 Å². The predicted octanol–water partition coefficient (Wildman–Crippen LogP) is 1.90. The first kappa shape index (κ1) is 12.5. The Kier molecular flexibility index (Phi) is 4.95. The van der Waals surface area contributed by atoms with Gasteiger partial charge >= 0.3 is 0 Å². The number of hydrogen-bond donors (Lipinski definition) is 1. The van der Waals surface area contributed by atoms with Crippen molar-refractivity contribution in [2.45, 2.75) is 25.8 Å². The molecular formula is C14H23N3. The molecule has 0 aliphatic carbocycles. The van der Waals surface area contributed by atoms with Crippen molar-refractivity contribution in [3.63, 3.8) is 0 Å². The summed E-state index contributed by atoms with van der Waals surface area (Å²) in [6.07, 6.45) is 7.77. The molecule has 0 atom stereocenters. The minimum Gasteiger partial charge on any atom is -0.313 e. The lowest BCUT2D eigenvalue weighted by atomic mass is 9.94. The van der Waals surface area contributed by atoms with Gasteiger partial charge in [-0.3, -0.25) is 4.98 Å². The van der Waals surface area contributed by atoms with E-state index in [4.69, 9.17) is 0 Å². The van der Waals surface area contributed by atoms with Gasteiger partial charge < -0.3 is 10.2 Å². The average molecular weight is 233 g/mol. The molecule has 0 saturated carbocycles. The van der Waals surface area contributed by atoms with Crippen molar-refractivity contribution in [3.8, 4) is 0 Å². The second kappa shape index (κ2) is 6.72. The summed E-state index contributed by atoms with van der Waals surface area (Å²) in [6, 6.07) is 4.14. The summed E-state index contributed by atoms with van der Waals surface area (Å²) < 4.78 is 0. The van der Waals surface area contributed by atoms with Gasteiger partial charge in [-0.25, -0.2) is 0 Å². The highest BCUT2D eigenvalue weighted by atomic mass is 15.1. The predicted molar refractivity (Wildman–Crippen MR) is 70.8 cm³/mol. The molecule has 1 aliphatic heterocycles. The third-order valence-electron chi connectivity index (χ3n) is 3.65. The van der Waals surface area contributed by atoms with Gasteiger partial charge in [0.2, 0.25) is 0 Å². The highest BCUT2D eigenvalue weighted by Crippen LogP contribution is 2.18. The number of aromatic nitrogens is 1. The van der Waals surface area contributed by atoms with Crippen LogP contribution >= 0.6 is 0 Å². The van der Waals surface area contributed by atoms with Gasteiger partial charge in [-0.1, -0.05) is 0 Å². The lowest BCUT2D eigenvalue weighted by Gasteiger charge is -2.28. The van der Waals surface area contributed by atoms with E-state index in [0.717, 1.165) is 19.0 Å². The first-order valence-electron chi connectivity index (χ1n) is 6.63. The number of likely N-dealkylation sites (tertiary alicyclic amines) is 1. The van der Waals surface area contributed by atoms with Crippen molar-refractivity contribution in [1.82, 2.24) is 15.2 Å². The molecule has 0 amide bonds. The molecule has 1 fully saturated rings.